The first-order chi connectivity index (χ1) is 3.71. The predicted octanol–water partition coefficient (Wildman–Crippen LogP) is -1.18. The quantitative estimate of drug-likeness (QED) is 0.435. The molecule has 1 N–H and O–H groups in total. The molecule has 0 spiro atoms. The molecule has 1 saturated carbocycles. The molecule has 2 heteroatoms. The van der Waals surface area contributed by atoms with Gasteiger partial charge < -0.3 is 6.53 Å². The van der Waals surface area contributed by atoms with Crippen molar-refractivity contribution in [2.24, 2.45) is 0 Å². The minimum Gasteiger partial charge on any atom is -1.00 e. The Morgan fingerprint density at radius 3 is 1.89 bits per heavy atom. The molecule has 0 unspecified atom stereocenters. The summed E-state index contributed by atoms with van der Waals surface area (Å²) in [7, 11) is 0. The van der Waals surface area contributed by atoms with Crippen molar-refractivity contribution in [1.82, 2.24) is 0 Å². The SMILES string of the molecule is CC1(O)CCCCC1.[H-].[K+]. The van der Waals surface area contributed by atoms with Crippen molar-refractivity contribution >= 4 is 0 Å². The molecule has 0 aromatic carbocycles. The summed E-state index contributed by atoms with van der Waals surface area (Å²) in [5.74, 6) is 0. The van der Waals surface area contributed by atoms with Gasteiger partial charge in [-0.15, -0.1) is 0 Å². The van der Waals surface area contributed by atoms with Crippen LogP contribution in [-0.4, -0.2) is 10.7 Å². The Balaban J connectivity index is 0. The zero-order valence-electron chi connectivity index (χ0n) is 7.48. The maximum absolute atomic E-state index is 9.37. The van der Waals surface area contributed by atoms with Crippen LogP contribution in [0.4, 0.5) is 0 Å². The van der Waals surface area contributed by atoms with Gasteiger partial charge in [0.15, 0.2) is 0 Å². The fourth-order valence-corrected chi connectivity index (χ4v) is 1.31. The maximum Gasteiger partial charge on any atom is 1.00 e. The van der Waals surface area contributed by atoms with Gasteiger partial charge in [0, 0.05) is 0 Å². The average Bonchev–Trinajstić information content (AvgIpc) is 1.65. The van der Waals surface area contributed by atoms with Crippen molar-refractivity contribution < 1.29 is 57.9 Å². The van der Waals surface area contributed by atoms with Gasteiger partial charge in [-0.05, 0) is 19.8 Å². The fourth-order valence-electron chi connectivity index (χ4n) is 1.31. The van der Waals surface area contributed by atoms with E-state index in [9.17, 15) is 5.11 Å². The van der Waals surface area contributed by atoms with Crippen molar-refractivity contribution in [3.05, 3.63) is 0 Å². The van der Waals surface area contributed by atoms with Crippen molar-refractivity contribution in [2.45, 2.75) is 44.6 Å². The van der Waals surface area contributed by atoms with Crippen molar-refractivity contribution in [1.29, 1.82) is 0 Å². The summed E-state index contributed by atoms with van der Waals surface area (Å²) in [5.41, 5.74) is -0.321. The first-order valence-corrected chi connectivity index (χ1v) is 3.43. The molecule has 1 fully saturated rings. The molecular weight excluding hydrogens is 139 g/mol. The van der Waals surface area contributed by atoms with Crippen molar-refractivity contribution in [3.8, 4) is 0 Å². The molecular formula is C7H15KO. The average molecular weight is 154 g/mol. The molecule has 9 heavy (non-hydrogen) atoms. The van der Waals surface area contributed by atoms with Crippen LogP contribution in [0.15, 0.2) is 0 Å². The topological polar surface area (TPSA) is 20.2 Å². The molecule has 1 nitrogen and oxygen atoms in total. The number of aliphatic hydroxyl groups is 1. The van der Waals surface area contributed by atoms with Crippen LogP contribution in [0.25, 0.3) is 0 Å². The standard InChI is InChI=1S/C7H14O.K.H/c1-7(8)5-3-2-4-6-7;;/h8H,2-6H2,1H3;;/q;+1;-1. The van der Waals surface area contributed by atoms with Crippen LogP contribution in [0.2, 0.25) is 0 Å². The van der Waals surface area contributed by atoms with E-state index in [1.54, 1.807) is 0 Å². The minimum absolute atomic E-state index is 0. The zero-order valence-corrected chi connectivity index (χ0v) is 9.61. The van der Waals surface area contributed by atoms with Crippen molar-refractivity contribution in [2.75, 3.05) is 0 Å². The van der Waals surface area contributed by atoms with Gasteiger partial charge in [0.25, 0.3) is 0 Å². The number of hydrogen-bond acceptors (Lipinski definition) is 1. The normalized spacial score (nSPS) is 24.7. The summed E-state index contributed by atoms with van der Waals surface area (Å²) in [4.78, 5) is 0. The monoisotopic (exact) mass is 154 g/mol. The molecule has 0 atom stereocenters. The van der Waals surface area contributed by atoms with Crippen molar-refractivity contribution in [3.63, 3.8) is 0 Å². The molecule has 0 amide bonds. The molecule has 1 aliphatic carbocycles. The second-order valence-electron chi connectivity index (χ2n) is 3.06. The third kappa shape index (κ3) is 4.12. The molecule has 0 aromatic heterocycles. The molecule has 1 aliphatic rings. The molecule has 1 rings (SSSR count). The van der Waals surface area contributed by atoms with Crippen LogP contribution in [0.3, 0.4) is 0 Å². The molecule has 0 saturated heterocycles. The number of rotatable bonds is 0. The molecule has 0 aliphatic heterocycles. The molecule has 0 bridgehead atoms. The summed E-state index contributed by atoms with van der Waals surface area (Å²) in [6, 6.07) is 0. The first kappa shape index (κ1) is 10.6. The summed E-state index contributed by atoms with van der Waals surface area (Å²) in [6.07, 6.45) is 5.76. The molecule has 50 valence electrons. The van der Waals surface area contributed by atoms with Crippen LogP contribution in [0.5, 0.6) is 0 Å². The minimum atomic E-state index is -0.321. The Labute approximate surface area is 101 Å². The van der Waals surface area contributed by atoms with Gasteiger partial charge in [-0.1, -0.05) is 19.3 Å². The second kappa shape index (κ2) is 4.47. The van der Waals surface area contributed by atoms with E-state index in [4.69, 9.17) is 0 Å². The van der Waals surface area contributed by atoms with E-state index in [-0.39, 0.29) is 58.4 Å². The fraction of sp³-hybridized carbons (Fsp3) is 1.00. The largest absolute Gasteiger partial charge is 1.00 e. The summed E-state index contributed by atoms with van der Waals surface area (Å²) in [6.45, 7) is 1.94. The van der Waals surface area contributed by atoms with Crippen LogP contribution in [0, 0.1) is 0 Å². The van der Waals surface area contributed by atoms with Gasteiger partial charge in [0.05, 0.1) is 5.60 Å². The van der Waals surface area contributed by atoms with E-state index >= 15 is 0 Å². The van der Waals surface area contributed by atoms with Gasteiger partial charge >= 0.3 is 51.4 Å². The van der Waals surface area contributed by atoms with Crippen LogP contribution >= 0.6 is 0 Å². The first-order valence-electron chi connectivity index (χ1n) is 3.43. The van der Waals surface area contributed by atoms with Crippen LogP contribution in [0.1, 0.15) is 40.5 Å². The Bertz CT molecular complexity index is 77.7. The van der Waals surface area contributed by atoms with E-state index in [0.717, 1.165) is 12.8 Å². The van der Waals surface area contributed by atoms with Crippen LogP contribution < -0.4 is 51.4 Å². The van der Waals surface area contributed by atoms with E-state index in [0.29, 0.717) is 0 Å². The van der Waals surface area contributed by atoms with Gasteiger partial charge in [0.1, 0.15) is 0 Å². The van der Waals surface area contributed by atoms with E-state index in [2.05, 4.69) is 0 Å². The van der Waals surface area contributed by atoms with E-state index < -0.39 is 0 Å². The smallest absolute Gasteiger partial charge is 1.00 e. The zero-order chi connectivity index (χ0) is 6.04. The van der Waals surface area contributed by atoms with Gasteiger partial charge in [-0.3, -0.25) is 0 Å². The Morgan fingerprint density at radius 1 is 1.22 bits per heavy atom. The summed E-state index contributed by atoms with van der Waals surface area (Å²) < 4.78 is 0. The Hall–Kier alpha value is 1.60. The van der Waals surface area contributed by atoms with E-state index in [1.165, 1.54) is 19.3 Å². The Morgan fingerprint density at radius 2 is 1.67 bits per heavy atom. The van der Waals surface area contributed by atoms with E-state index in [1.807, 2.05) is 6.92 Å². The summed E-state index contributed by atoms with van der Waals surface area (Å²) >= 11 is 0. The van der Waals surface area contributed by atoms with Gasteiger partial charge in [0.2, 0.25) is 0 Å². The third-order valence-corrected chi connectivity index (χ3v) is 1.93. The predicted molar refractivity (Wildman–Crippen MR) is 34.8 cm³/mol. The summed E-state index contributed by atoms with van der Waals surface area (Å²) in [5, 5.41) is 9.37. The molecule has 0 radical (unpaired) electrons. The molecule has 0 heterocycles. The Kier molecular flexibility index (Phi) is 5.26. The maximum atomic E-state index is 9.37. The molecule has 0 aromatic rings. The third-order valence-electron chi connectivity index (χ3n) is 1.93. The van der Waals surface area contributed by atoms with Gasteiger partial charge in [-0.2, -0.15) is 0 Å². The van der Waals surface area contributed by atoms with Gasteiger partial charge in [-0.25, -0.2) is 0 Å². The second-order valence-corrected chi connectivity index (χ2v) is 3.06. The van der Waals surface area contributed by atoms with Crippen LogP contribution in [-0.2, 0) is 0 Å². The number of hydrogen-bond donors (Lipinski definition) is 1.